The lowest BCUT2D eigenvalue weighted by Crippen LogP contribution is -2.27. The molecular weight excluding hydrogens is 435 g/mol. The molecule has 4 rings (SSSR count). The number of fused-ring (bicyclic) bond motifs is 1. The van der Waals surface area contributed by atoms with Gasteiger partial charge in [-0.25, -0.2) is 22.0 Å². The maximum atomic E-state index is 14.0. The summed E-state index contributed by atoms with van der Waals surface area (Å²) in [6, 6.07) is 13.0. The van der Waals surface area contributed by atoms with Crippen LogP contribution in [0.25, 0.3) is 16.3 Å². The van der Waals surface area contributed by atoms with E-state index in [0.29, 0.717) is 33.4 Å². The summed E-state index contributed by atoms with van der Waals surface area (Å²) in [7, 11) is -3.48. The molecule has 0 aliphatic carbocycles. The minimum Gasteiger partial charge on any atom is -0.215 e. The van der Waals surface area contributed by atoms with Crippen LogP contribution in [-0.2, 0) is 22.2 Å². The molecule has 0 unspecified atom stereocenters. The fraction of sp³-hybridized carbons (Fsp3) is 0.158. The van der Waals surface area contributed by atoms with E-state index in [9.17, 15) is 12.8 Å². The van der Waals surface area contributed by atoms with Gasteiger partial charge in [-0.15, -0.1) is 16.4 Å². The molecule has 0 saturated carbocycles. The molecule has 0 saturated heterocycles. The molecule has 0 aliphatic heterocycles. The van der Waals surface area contributed by atoms with Gasteiger partial charge in [0.15, 0.2) is 5.82 Å². The van der Waals surface area contributed by atoms with Gasteiger partial charge in [-0.1, -0.05) is 35.9 Å². The lowest BCUT2D eigenvalue weighted by molar-refractivity contribution is 0.580. The largest absolute Gasteiger partial charge is 0.215 e. The minimum atomic E-state index is -3.48. The topological polar surface area (TPSA) is 76.4 Å². The van der Waals surface area contributed by atoms with Gasteiger partial charge >= 0.3 is 0 Å². The predicted octanol–water partition coefficient (Wildman–Crippen LogP) is 3.91. The monoisotopic (exact) mass is 450 g/mol. The number of thiazole rings is 1. The van der Waals surface area contributed by atoms with E-state index in [-0.39, 0.29) is 18.1 Å². The van der Waals surface area contributed by atoms with E-state index in [1.165, 1.54) is 17.4 Å². The Hall–Kier alpha value is -2.33. The van der Waals surface area contributed by atoms with Crippen molar-refractivity contribution in [3.8, 4) is 11.4 Å². The van der Waals surface area contributed by atoms with E-state index in [2.05, 4.69) is 14.8 Å². The summed E-state index contributed by atoms with van der Waals surface area (Å²) in [6.07, 6.45) is 0.430. The number of nitrogens with one attached hydrogen (secondary N) is 1. The third-order valence-electron chi connectivity index (χ3n) is 4.24. The van der Waals surface area contributed by atoms with Crippen LogP contribution in [0.15, 0.2) is 53.9 Å². The Bertz CT molecular complexity index is 1250. The Morgan fingerprint density at radius 3 is 2.66 bits per heavy atom. The minimum absolute atomic E-state index is 0.121. The molecule has 0 bridgehead atoms. The SMILES string of the molecule is O=S(=O)(Cc1ccc(Cl)cc1)NCCc1csc2nc(-c3ccccc3F)nn12. The van der Waals surface area contributed by atoms with E-state index in [4.69, 9.17) is 11.6 Å². The molecular formula is C19H16ClFN4O2S2. The zero-order valence-corrected chi connectivity index (χ0v) is 17.4. The van der Waals surface area contributed by atoms with Crippen molar-refractivity contribution in [2.75, 3.05) is 6.54 Å². The average Bonchev–Trinajstić information content (AvgIpc) is 3.25. The van der Waals surface area contributed by atoms with Gasteiger partial charge < -0.3 is 0 Å². The van der Waals surface area contributed by atoms with Crippen molar-refractivity contribution in [3.05, 3.63) is 76.0 Å². The number of halogens is 2. The quantitative estimate of drug-likeness (QED) is 0.463. The lowest BCUT2D eigenvalue weighted by Gasteiger charge is -2.06. The second-order valence-electron chi connectivity index (χ2n) is 6.37. The first kappa shape index (κ1) is 20.0. The van der Waals surface area contributed by atoms with Gasteiger partial charge in [0.2, 0.25) is 15.0 Å². The Labute approximate surface area is 176 Å². The second-order valence-corrected chi connectivity index (χ2v) is 9.45. The number of hydrogen-bond donors (Lipinski definition) is 1. The highest BCUT2D eigenvalue weighted by Crippen LogP contribution is 2.23. The van der Waals surface area contributed by atoms with E-state index in [0.717, 1.165) is 5.69 Å². The van der Waals surface area contributed by atoms with Gasteiger partial charge in [0, 0.05) is 23.4 Å². The lowest BCUT2D eigenvalue weighted by atomic mass is 10.2. The van der Waals surface area contributed by atoms with Crippen LogP contribution in [0.4, 0.5) is 4.39 Å². The van der Waals surface area contributed by atoms with Crippen LogP contribution in [0.1, 0.15) is 11.3 Å². The fourth-order valence-corrected chi connectivity index (χ4v) is 4.97. The highest BCUT2D eigenvalue weighted by atomic mass is 35.5. The maximum absolute atomic E-state index is 14.0. The summed E-state index contributed by atoms with van der Waals surface area (Å²) in [5.74, 6) is -0.203. The van der Waals surface area contributed by atoms with Crippen LogP contribution in [0.5, 0.6) is 0 Å². The molecule has 0 spiro atoms. The van der Waals surface area contributed by atoms with Crippen molar-refractivity contribution in [2.24, 2.45) is 0 Å². The highest BCUT2D eigenvalue weighted by molar-refractivity contribution is 7.88. The van der Waals surface area contributed by atoms with Crippen LogP contribution >= 0.6 is 22.9 Å². The van der Waals surface area contributed by atoms with E-state index < -0.39 is 10.0 Å². The van der Waals surface area contributed by atoms with Crippen molar-refractivity contribution in [3.63, 3.8) is 0 Å². The summed E-state index contributed by atoms with van der Waals surface area (Å²) in [5, 5.41) is 6.81. The van der Waals surface area contributed by atoms with Crippen LogP contribution in [0, 0.1) is 5.82 Å². The van der Waals surface area contributed by atoms with Gasteiger partial charge in [-0.3, -0.25) is 0 Å². The van der Waals surface area contributed by atoms with Crippen molar-refractivity contribution < 1.29 is 12.8 Å². The van der Waals surface area contributed by atoms with Crippen molar-refractivity contribution in [1.82, 2.24) is 19.3 Å². The van der Waals surface area contributed by atoms with Crippen molar-refractivity contribution in [2.45, 2.75) is 12.2 Å². The zero-order valence-electron chi connectivity index (χ0n) is 15.0. The number of aromatic nitrogens is 3. The molecule has 0 amide bonds. The molecule has 29 heavy (non-hydrogen) atoms. The van der Waals surface area contributed by atoms with Crippen LogP contribution < -0.4 is 4.72 Å². The molecule has 2 aromatic heterocycles. The standard InChI is InChI=1S/C19H16ClFN4O2S2/c20-14-7-5-13(6-8-14)12-29(26,27)22-10-9-15-11-28-19-23-18(24-25(15)19)16-3-1-2-4-17(16)21/h1-8,11,22H,9-10,12H2. The molecule has 2 heterocycles. The summed E-state index contributed by atoms with van der Waals surface area (Å²) < 4.78 is 42.8. The first-order valence-corrected chi connectivity index (χ1v) is 11.6. The first-order chi connectivity index (χ1) is 13.9. The van der Waals surface area contributed by atoms with E-state index in [1.807, 2.05) is 5.38 Å². The van der Waals surface area contributed by atoms with Gasteiger partial charge in [-0.05, 0) is 29.8 Å². The normalized spacial score (nSPS) is 11.9. The summed E-state index contributed by atoms with van der Waals surface area (Å²) in [6.45, 7) is 0.219. The number of sulfonamides is 1. The second kappa shape index (κ2) is 8.19. The number of benzene rings is 2. The van der Waals surface area contributed by atoms with Crippen molar-refractivity contribution in [1.29, 1.82) is 0 Å². The predicted molar refractivity (Wildman–Crippen MR) is 112 cm³/mol. The van der Waals surface area contributed by atoms with Gasteiger partial charge in [-0.2, -0.15) is 4.98 Å². The molecule has 1 N–H and O–H groups in total. The third kappa shape index (κ3) is 4.64. The smallest absolute Gasteiger partial charge is 0.215 e. The summed E-state index contributed by atoms with van der Waals surface area (Å²) in [4.78, 5) is 4.99. The highest BCUT2D eigenvalue weighted by Gasteiger charge is 2.15. The molecule has 0 aliphatic rings. The third-order valence-corrected chi connectivity index (χ3v) is 6.71. The maximum Gasteiger partial charge on any atom is 0.215 e. The number of hydrogen-bond acceptors (Lipinski definition) is 5. The van der Waals surface area contributed by atoms with Crippen LogP contribution in [0.3, 0.4) is 0 Å². The Morgan fingerprint density at radius 2 is 1.90 bits per heavy atom. The molecule has 10 heteroatoms. The number of rotatable bonds is 7. The molecule has 6 nitrogen and oxygen atoms in total. The molecule has 2 aromatic carbocycles. The van der Waals surface area contributed by atoms with E-state index >= 15 is 0 Å². The van der Waals surface area contributed by atoms with Crippen LogP contribution in [-0.4, -0.2) is 29.6 Å². The Morgan fingerprint density at radius 1 is 1.14 bits per heavy atom. The van der Waals surface area contributed by atoms with E-state index in [1.54, 1.807) is 47.0 Å². The Kier molecular flexibility index (Phi) is 5.64. The summed E-state index contributed by atoms with van der Waals surface area (Å²) >= 11 is 7.20. The molecule has 0 atom stereocenters. The molecule has 0 fully saturated rings. The first-order valence-electron chi connectivity index (χ1n) is 8.71. The zero-order chi connectivity index (χ0) is 20.4. The molecule has 0 radical (unpaired) electrons. The number of nitrogens with zero attached hydrogens (tertiary/aromatic N) is 3. The van der Waals surface area contributed by atoms with Crippen LogP contribution in [0.2, 0.25) is 5.02 Å². The van der Waals surface area contributed by atoms with Gasteiger partial charge in [0.05, 0.1) is 17.0 Å². The summed E-state index contributed by atoms with van der Waals surface area (Å²) in [5.41, 5.74) is 1.79. The van der Waals surface area contributed by atoms with Gasteiger partial charge in [0.25, 0.3) is 0 Å². The molecule has 150 valence electrons. The Balaban J connectivity index is 1.43. The van der Waals surface area contributed by atoms with Gasteiger partial charge in [0.1, 0.15) is 5.82 Å². The van der Waals surface area contributed by atoms with Crippen molar-refractivity contribution >= 4 is 37.9 Å². The average molecular weight is 451 g/mol. The molecule has 4 aromatic rings. The fourth-order valence-electron chi connectivity index (χ4n) is 2.84.